The maximum Gasteiger partial charge on any atom is 0.458 e. The van der Waals surface area contributed by atoms with Crippen LogP contribution in [-0.4, -0.2) is 69.0 Å². The summed E-state index contributed by atoms with van der Waals surface area (Å²) in [6, 6.07) is 31.8. The third-order valence-electron chi connectivity index (χ3n) is 9.65. The van der Waals surface area contributed by atoms with Crippen molar-refractivity contribution in [2.24, 2.45) is 0 Å². The van der Waals surface area contributed by atoms with Crippen LogP contribution in [0.3, 0.4) is 0 Å². The Hall–Kier alpha value is -4.78. The van der Waals surface area contributed by atoms with E-state index in [2.05, 4.69) is 101 Å². The topological polar surface area (TPSA) is 75.5 Å². The van der Waals surface area contributed by atoms with Crippen LogP contribution >= 0.6 is 0 Å². The van der Waals surface area contributed by atoms with E-state index in [0.29, 0.717) is 5.92 Å². The molecule has 0 N–H and O–H groups in total. The molecule has 3 heterocycles. The van der Waals surface area contributed by atoms with Gasteiger partial charge in [0.05, 0.1) is 17.8 Å². The Labute approximate surface area is 298 Å². The normalized spacial score (nSPS) is 17.3. The first-order valence-corrected chi connectivity index (χ1v) is 17.2. The standard InChI is InChI=1S/C35H40N4O.C4F6O2/c1-3-38-34(25-30(36-38)24-27-12-6-4-7-13-27)29-18-21-37(22-19-29)23-20-33(28-14-8-5-9-15-28)39-26(2)31-16-10-11-17-32(31)35(39)40;5-3(6,7)1(11)2(12)4(8,9)10/h4-17,25-26,29,33H,3,18-24H2,1-2H3;/t26?,33-;/m0./s1. The Balaban J connectivity index is 0.000000376. The first-order chi connectivity index (χ1) is 24.7. The smallest absolute Gasteiger partial charge is 0.325 e. The average Bonchev–Trinajstić information content (AvgIpc) is 3.65. The van der Waals surface area contributed by atoms with Crippen molar-refractivity contribution in [3.63, 3.8) is 0 Å². The lowest BCUT2D eigenvalue weighted by Crippen LogP contribution is -2.39. The monoisotopic (exact) mass is 726 g/mol. The third kappa shape index (κ3) is 8.98. The highest BCUT2D eigenvalue weighted by atomic mass is 19.4. The molecule has 3 aromatic carbocycles. The van der Waals surface area contributed by atoms with Gasteiger partial charge in [0.25, 0.3) is 5.91 Å². The van der Waals surface area contributed by atoms with Gasteiger partial charge in [0.1, 0.15) is 0 Å². The molecule has 4 aromatic rings. The minimum atomic E-state index is -5.77. The van der Waals surface area contributed by atoms with Crippen molar-refractivity contribution < 1.29 is 40.7 Å². The molecule has 1 fully saturated rings. The van der Waals surface area contributed by atoms with E-state index >= 15 is 0 Å². The average molecular weight is 727 g/mol. The molecule has 13 heteroatoms. The van der Waals surface area contributed by atoms with E-state index in [1.54, 1.807) is 0 Å². The van der Waals surface area contributed by atoms with E-state index in [9.17, 15) is 40.7 Å². The zero-order valence-electron chi connectivity index (χ0n) is 28.8. The predicted molar refractivity (Wildman–Crippen MR) is 183 cm³/mol. The van der Waals surface area contributed by atoms with E-state index in [-0.39, 0.29) is 18.0 Å². The van der Waals surface area contributed by atoms with Crippen molar-refractivity contribution in [2.75, 3.05) is 19.6 Å². The van der Waals surface area contributed by atoms with Crippen LogP contribution in [0.2, 0.25) is 0 Å². The van der Waals surface area contributed by atoms with Crippen molar-refractivity contribution in [2.45, 2.75) is 76.4 Å². The lowest BCUT2D eigenvalue weighted by atomic mass is 9.92. The summed E-state index contributed by atoms with van der Waals surface area (Å²) < 4.78 is 69.2. The summed E-state index contributed by atoms with van der Waals surface area (Å²) in [6.45, 7) is 8.44. The molecule has 1 saturated heterocycles. The maximum absolute atomic E-state index is 13.6. The molecular formula is C39H40F6N4O3. The maximum atomic E-state index is 13.6. The van der Waals surface area contributed by atoms with Gasteiger partial charge in [-0.2, -0.15) is 31.4 Å². The Morgan fingerprint density at radius 2 is 1.38 bits per heavy atom. The van der Waals surface area contributed by atoms with Gasteiger partial charge in [0, 0.05) is 36.7 Å². The number of carbonyl (C=O) groups is 3. The number of amides is 1. The molecule has 7 nitrogen and oxygen atoms in total. The Morgan fingerprint density at radius 1 is 0.827 bits per heavy atom. The number of piperidine rings is 1. The minimum absolute atomic E-state index is 0.0656. The molecule has 1 unspecified atom stereocenters. The summed E-state index contributed by atoms with van der Waals surface area (Å²) in [4.78, 5) is 37.5. The fourth-order valence-electron chi connectivity index (χ4n) is 7.05. The van der Waals surface area contributed by atoms with Gasteiger partial charge in [-0.3, -0.25) is 19.1 Å². The molecule has 0 spiro atoms. The highest BCUT2D eigenvalue weighted by molar-refractivity contribution is 6.41. The predicted octanol–water partition coefficient (Wildman–Crippen LogP) is 8.27. The van der Waals surface area contributed by atoms with Crippen LogP contribution in [0.5, 0.6) is 0 Å². The van der Waals surface area contributed by atoms with E-state index in [4.69, 9.17) is 5.10 Å². The van der Waals surface area contributed by atoms with E-state index < -0.39 is 23.9 Å². The molecule has 6 rings (SSSR count). The number of aryl methyl sites for hydroxylation is 1. The number of rotatable bonds is 10. The second-order valence-electron chi connectivity index (χ2n) is 13.0. The molecule has 2 aliphatic rings. The van der Waals surface area contributed by atoms with Gasteiger partial charge in [0.2, 0.25) is 0 Å². The number of nitrogens with zero attached hydrogens (tertiary/aromatic N) is 4. The quantitative estimate of drug-likeness (QED) is 0.122. The summed E-state index contributed by atoms with van der Waals surface area (Å²) in [5.74, 6) is -6.10. The highest BCUT2D eigenvalue weighted by Gasteiger charge is 2.54. The molecule has 52 heavy (non-hydrogen) atoms. The first kappa shape index (κ1) is 38.5. The number of benzene rings is 3. The number of alkyl halides is 6. The van der Waals surface area contributed by atoms with Crippen molar-refractivity contribution in [1.29, 1.82) is 0 Å². The van der Waals surface area contributed by atoms with Gasteiger partial charge in [-0.25, -0.2) is 0 Å². The lowest BCUT2D eigenvalue weighted by molar-refractivity contribution is -0.193. The SMILES string of the molecule is CCn1nc(Cc2ccccc2)cc1C1CCN(CC[C@@H](c2ccccc2)N2C(=O)c3ccccc3C2C)CC1.O=C(C(=O)C(F)(F)F)C(F)(F)F. The van der Waals surface area contributed by atoms with Gasteiger partial charge < -0.3 is 9.80 Å². The van der Waals surface area contributed by atoms with Gasteiger partial charge in [-0.15, -0.1) is 0 Å². The fraction of sp³-hybridized carbons (Fsp3) is 0.385. The molecule has 2 atom stereocenters. The molecule has 276 valence electrons. The highest BCUT2D eigenvalue weighted by Crippen LogP contribution is 2.41. The summed E-state index contributed by atoms with van der Waals surface area (Å²) in [7, 11) is 0. The number of halogens is 6. The molecule has 0 bridgehead atoms. The molecule has 2 aliphatic heterocycles. The van der Waals surface area contributed by atoms with Crippen LogP contribution in [0.25, 0.3) is 0 Å². The zero-order chi connectivity index (χ0) is 37.6. The molecule has 0 radical (unpaired) electrons. The number of hydrogen-bond donors (Lipinski definition) is 0. The van der Waals surface area contributed by atoms with Gasteiger partial charge in [-0.1, -0.05) is 78.9 Å². The second kappa shape index (κ2) is 16.3. The van der Waals surface area contributed by atoms with E-state index in [1.807, 2.05) is 18.2 Å². The third-order valence-corrected chi connectivity index (χ3v) is 9.65. The fourth-order valence-corrected chi connectivity index (χ4v) is 7.05. The van der Waals surface area contributed by atoms with Crippen molar-refractivity contribution in [1.82, 2.24) is 19.6 Å². The number of carbonyl (C=O) groups excluding carboxylic acids is 3. The van der Waals surface area contributed by atoms with Crippen LogP contribution in [0.1, 0.15) is 89.5 Å². The molecule has 0 aliphatic carbocycles. The summed E-state index contributed by atoms with van der Waals surface area (Å²) >= 11 is 0. The Kier molecular flexibility index (Phi) is 12.0. The number of Topliss-reactive ketones (excluding diaryl/α,β-unsaturated/α-hetero) is 2. The number of hydrogen-bond acceptors (Lipinski definition) is 5. The van der Waals surface area contributed by atoms with E-state index in [0.717, 1.165) is 63.0 Å². The van der Waals surface area contributed by atoms with Crippen molar-refractivity contribution in [3.05, 3.63) is 125 Å². The van der Waals surface area contributed by atoms with Crippen LogP contribution in [-0.2, 0) is 22.6 Å². The van der Waals surface area contributed by atoms with Crippen molar-refractivity contribution in [3.8, 4) is 0 Å². The summed E-state index contributed by atoms with van der Waals surface area (Å²) in [6.07, 6.45) is -7.42. The Morgan fingerprint density at radius 3 is 1.94 bits per heavy atom. The number of fused-ring (bicyclic) bond motifs is 1. The minimum Gasteiger partial charge on any atom is -0.325 e. The van der Waals surface area contributed by atoms with Crippen molar-refractivity contribution >= 4 is 17.5 Å². The van der Waals surface area contributed by atoms with Gasteiger partial charge in [0.15, 0.2) is 0 Å². The second-order valence-corrected chi connectivity index (χ2v) is 13.0. The molecule has 1 amide bonds. The number of aromatic nitrogens is 2. The lowest BCUT2D eigenvalue weighted by Gasteiger charge is -2.36. The number of likely N-dealkylation sites (tertiary alicyclic amines) is 1. The summed E-state index contributed by atoms with van der Waals surface area (Å²) in [5, 5.41) is 4.95. The van der Waals surface area contributed by atoms with Crippen LogP contribution in [0.4, 0.5) is 26.3 Å². The molecule has 0 saturated carbocycles. The van der Waals surface area contributed by atoms with Crippen LogP contribution < -0.4 is 0 Å². The molecule has 1 aromatic heterocycles. The van der Waals surface area contributed by atoms with E-state index in [1.165, 1.54) is 22.5 Å². The van der Waals surface area contributed by atoms with Crippen LogP contribution in [0, 0.1) is 0 Å². The van der Waals surface area contributed by atoms with Gasteiger partial charge >= 0.3 is 23.9 Å². The first-order valence-electron chi connectivity index (χ1n) is 17.2. The summed E-state index contributed by atoms with van der Waals surface area (Å²) in [5.41, 5.74) is 7.10. The zero-order valence-corrected chi connectivity index (χ0v) is 28.8. The van der Waals surface area contributed by atoms with Crippen LogP contribution in [0.15, 0.2) is 91.0 Å². The Bertz CT molecular complexity index is 1810. The number of ketones is 2. The largest absolute Gasteiger partial charge is 0.458 e. The molecular weight excluding hydrogens is 686 g/mol. The van der Waals surface area contributed by atoms with Gasteiger partial charge in [-0.05, 0) is 75.0 Å².